The van der Waals surface area contributed by atoms with Crippen molar-refractivity contribution in [2.24, 2.45) is 5.10 Å². The Morgan fingerprint density at radius 2 is 1.90 bits per heavy atom. The van der Waals surface area contributed by atoms with Gasteiger partial charge >= 0.3 is 0 Å². The topological polar surface area (TPSA) is 55.7 Å². The van der Waals surface area contributed by atoms with Crippen LogP contribution in [0.2, 0.25) is 0 Å². The largest absolute Gasteiger partial charge is 0.493 e. The maximum Gasteiger partial charge on any atom is 0.203 e. The van der Waals surface area contributed by atoms with Crippen LogP contribution in [0.4, 0.5) is 5.13 Å². The molecule has 0 radical (unpaired) electrons. The van der Waals surface area contributed by atoms with Crippen molar-refractivity contribution in [2.45, 2.75) is 46.5 Å². The Bertz CT molecular complexity index is 1010. The quantitative estimate of drug-likeness (QED) is 0.203. The lowest BCUT2D eigenvalue weighted by Gasteiger charge is -2.11. The molecule has 1 heterocycles. The highest BCUT2D eigenvalue weighted by Crippen LogP contribution is 2.28. The molecule has 0 aliphatic heterocycles. The highest BCUT2D eigenvalue weighted by Gasteiger charge is 2.07. The van der Waals surface area contributed by atoms with Crippen LogP contribution < -0.4 is 14.9 Å². The number of hydrogen-bond acceptors (Lipinski definition) is 6. The number of benzene rings is 2. The van der Waals surface area contributed by atoms with Crippen LogP contribution in [0.15, 0.2) is 46.9 Å². The second-order valence-corrected chi connectivity index (χ2v) is 8.38. The van der Waals surface area contributed by atoms with Gasteiger partial charge in [-0.05, 0) is 61.2 Å². The first-order chi connectivity index (χ1) is 15.1. The van der Waals surface area contributed by atoms with Crippen LogP contribution in [0.1, 0.15) is 49.3 Å². The minimum atomic E-state index is 0.707. The van der Waals surface area contributed by atoms with Gasteiger partial charge < -0.3 is 9.47 Å². The first kappa shape index (κ1) is 22.8. The minimum absolute atomic E-state index is 0.707. The van der Waals surface area contributed by atoms with E-state index in [1.165, 1.54) is 41.7 Å². The lowest BCUT2D eigenvalue weighted by Crippen LogP contribution is -2.00. The normalized spacial score (nSPS) is 11.1. The maximum atomic E-state index is 5.87. The predicted molar refractivity (Wildman–Crippen MR) is 131 cm³/mol. The smallest absolute Gasteiger partial charge is 0.203 e. The number of rotatable bonds is 11. The molecule has 6 heteroatoms. The summed E-state index contributed by atoms with van der Waals surface area (Å²) in [7, 11) is 1.66. The van der Waals surface area contributed by atoms with Gasteiger partial charge in [-0.1, -0.05) is 38.3 Å². The van der Waals surface area contributed by atoms with Gasteiger partial charge in [0, 0.05) is 10.9 Å². The molecule has 0 fully saturated rings. The fourth-order valence-corrected chi connectivity index (χ4v) is 3.78. The van der Waals surface area contributed by atoms with Crippen LogP contribution in [0.3, 0.4) is 0 Å². The Balaban J connectivity index is 1.58. The van der Waals surface area contributed by atoms with Crippen LogP contribution in [0, 0.1) is 13.8 Å². The van der Waals surface area contributed by atoms with Gasteiger partial charge in [-0.15, -0.1) is 11.3 Å². The number of aromatic nitrogens is 1. The van der Waals surface area contributed by atoms with E-state index >= 15 is 0 Å². The molecule has 31 heavy (non-hydrogen) atoms. The van der Waals surface area contributed by atoms with Gasteiger partial charge in [-0.25, -0.2) is 4.98 Å². The van der Waals surface area contributed by atoms with Crippen molar-refractivity contribution >= 4 is 22.7 Å². The van der Waals surface area contributed by atoms with Gasteiger partial charge in [-0.3, -0.25) is 5.43 Å². The third kappa shape index (κ3) is 6.56. The Kier molecular flexibility index (Phi) is 8.47. The van der Waals surface area contributed by atoms with Crippen molar-refractivity contribution in [1.29, 1.82) is 0 Å². The fourth-order valence-electron chi connectivity index (χ4n) is 3.12. The van der Waals surface area contributed by atoms with E-state index in [2.05, 4.69) is 54.5 Å². The van der Waals surface area contributed by atoms with Crippen LogP contribution in [0.5, 0.6) is 11.5 Å². The van der Waals surface area contributed by atoms with E-state index in [0.717, 1.165) is 34.1 Å². The van der Waals surface area contributed by atoms with Gasteiger partial charge in [0.1, 0.15) is 0 Å². The zero-order valence-electron chi connectivity index (χ0n) is 18.8. The molecule has 2 aromatic carbocycles. The molecule has 0 amide bonds. The minimum Gasteiger partial charge on any atom is -0.493 e. The zero-order valence-corrected chi connectivity index (χ0v) is 19.6. The number of hydrazone groups is 1. The number of unbranched alkanes of at least 4 members (excludes halogenated alkanes) is 3. The molecule has 3 rings (SSSR count). The summed E-state index contributed by atoms with van der Waals surface area (Å²) in [4.78, 5) is 4.63. The third-order valence-electron chi connectivity index (χ3n) is 5.12. The number of methoxy groups -OCH3 is 1. The highest BCUT2D eigenvalue weighted by molar-refractivity contribution is 7.14. The lowest BCUT2D eigenvalue weighted by molar-refractivity contribution is 0.285. The highest BCUT2D eigenvalue weighted by atomic mass is 32.1. The number of nitrogens with one attached hydrogen (secondary N) is 1. The summed E-state index contributed by atoms with van der Waals surface area (Å²) in [5.41, 5.74) is 8.56. The molecule has 5 nitrogen and oxygen atoms in total. The van der Waals surface area contributed by atoms with E-state index < -0.39 is 0 Å². The summed E-state index contributed by atoms with van der Waals surface area (Å²) < 4.78 is 11.4. The van der Waals surface area contributed by atoms with E-state index in [4.69, 9.17) is 9.47 Å². The zero-order chi connectivity index (χ0) is 22.1. The average molecular weight is 438 g/mol. The van der Waals surface area contributed by atoms with Crippen LogP contribution >= 0.6 is 11.3 Å². The van der Waals surface area contributed by atoms with Crippen molar-refractivity contribution in [2.75, 3.05) is 19.1 Å². The number of nitrogens with zero attached hydrogens (tertiary/aromatic N) is 2. The van der Waals surface area contributed by atoms with Crippen molar-refractivity contribution in [3.8, 4) is 22.8 Å². The van der Waals surface area contributed by atoms with Gasteiger partial charge in [0.2, 0.25) is 5.13 Å². The Hall–Kier alpha value is -2.86. The third-order valence-corrected chi connectivity index (χ3v) is 5.87. The van der Waals surface area contributed by atoms with Crippen molar-refractivity contribution in [3.05, 3.63) is 58.5 Å². The molecule has 0 saturated carbocycles. The molecule has 3 aromatic rings. The Labute approximate surface area is 189 Å². The summed E-state index contributed by atoms with van der Waals surface area (Å²) in [6, 6.07) is 12.2. The van der Waals surface area contributed by atoms with E-state index in [-0.39, 0.29) is 0 Å². The second kappa shape index (κ2) is 11.5. The van der Waals surface area contributed by atoms with E-state index in [1.807, 2.05) is 23.6 Å². The summed E-state index contributed by atoms with van der Waals surface area (Å²) >= 11 is 1.53. The molecule has 0 aliphatic rings. The summed E-state index contributed by atoms with van der Waals surface area (Å²) in [5, 5.41) is 7.12. The monoisotopic (exact) mass is 437 g/mol. The predicted octanol–water partition coefficient (Wildman–Crippen LogP) is 6.84. The summed E-state index contributed by atoms with van der Waals surface area (Å²) in [5.74, 6) is 1.48. The Morgan fingerprint density at radius 3 is 2.68 bits per heavy atom. The number of ether oxygens (including phenoxy) is 2. The number of thiazole rings is 1. The molecule has 164 valence electrons. The Morgan fingerprint density at radius 1 is 1.03 bits per heavy atom. The van der Waals surface area contributed by atoms with Gasteiger partial charge in [0.05, 0.1) is 25.6 Å². The molecule has 0 bridgehead atoms. The van der Waals surface area contributed by atoms with Crippen molar-refractivity contribution in [1.82, 2.24) is 4.98 Å². The molecule has 0 aliphatic carbocycles. The van der Waals surface area contributed by atoms with Crippen LogP contribution in [-0.2, 0) is 0 Å². The number of aryl methyl sites for hydroxylation is 2. The lowest BCUT2D eigenvalue weighted by atomic mass is 10.1. The molecule has 1 aromatic heterocycles. The van der Waals surface area contributed by atoms with Crippen LogP contribution in [-0.4, -0.2) is 24.9 Å². The molecule has 0 saturated heterocycles. The van der Waals surface area contributed by atoms with Gasteiger partial charge in [0.15, 0.2) is 11.5 Å². The number of hydrogen-bond donors (Lipinski definition) is 1. The molecular weight excluding hydrogens is 406 g/mol. The van der Waals surface area contributed by atoms with Gasteiger partial charge in [-0.2, -0.15) is 5.10 Å². The fraction of sp³-hybridized carbons (Fsp3) is 0.360. The summed E-state index contributed by atoms with van der Waals surface area (Å²) in [6.45, 7) is 7.14. The standard InChI is InChI=1S/C25H31N3O2S/c1-5-6-7-8-13-30-23-12-10-20(15-24(23)29-4)16-26-28-25-27-22(17-31-25)21-11-9-18(2)19(3)14-21/h9-12,14-17H,5-8,13H2,1-4H3,(H,27,28)/b26-16-. The molecule has 0 spiro atoms. The average Bonchev–Trinajstić information content (AvgIpc) is 3.25. The summed E-state index contributed by atoms with van der Waals surface area (Å²) in [6.07, 6.45) is 6.47. The van der Waals surface area contributed by atoms with E-state index in [9.17, 15) is 0 Å². The molecular formula is C25H31N3O2S. The van der Waals surface area contributed by atoms with E-state index in [0.29, 0.717) is 12.4 Å². The first-order valence-electron chi connectivity index (χ1n) is 10.7. The van der Waals surface area contributed by atoms with Crippen molar-refractivity contribution < 1.29 is 9.47 Å². The molecule has 1 N–H and O–H groups in total. The number of anilines is 1. The SMILES string of the molecule is CCCCCCOc1ccc(/C=N\Nc2nc(-c3ccc(C)c(C)c3)cs2)cc1OC. The van der Waals surface area contributed by atoms with Crippen molar-refractivity contribution in [3.63, 3.8) is 0 Å². The van der Waals surface area contributed by atoms with E-state index in [1.54, 1.807) is 13.3 Å². The van der Waals surface area contributed by atoms with Gasteiger partial charge in [0.25, 0.3) is 0 Å². The molecule has 0 unspecified atom stereocenters. The second-order valence-electron chi connectivity index (χ2n) is 7.53. The molecule has 0 atom stereocenters. The first-order valence-corrected chi connectivity index (χ1v) is 11.6. The maximum absolute atomic E-state index is 5.87. The van der Waals surface area contributed by atoms with Crippen LogP contribution in [0.25, 0.3) is 11.3 Å².